The number of rotatable bonds is 7. The molecule has 5 heterocycles. The Morgan fingerprint density at radius 2 is 1.95 bits per heavy atom. The van der Waals surface area contributed by atoms with E-state index in [2.05, 4.69) is 48.9 Å². The minimum Gasteiger partial charge on any atom is -0.382 e. The summed E-state index contributed by atoms with van der Waals surface area (Å²) in [6, 6.07) is 9.34. The number of aliphatic hydroxyl groups is 1. The van der Waals surface area contributed by atoms with Crippen LogP contribution >= 0.6 is 0 Å². The van der Waals surface area contributed by atoms with Crippen molar-refractivity contribution in [3.63, 3.8) is 0 Å². The number of aromatic nitrogens is 3. The van der Waals surface area contributed by atoms with Crippen molar-refractivity contribution >= 4 is 17.2 Å². The molecule has 6 rings (SSSR count). The Bertz CT molecular complexity index is 1520. The number of morpholine rings is 1. The van der Waals surface area contributed by atoms with Gasteiger partial charge in [-0.2, -0.15) is 0 Å². The summed E-state index contributed by atoms with van der Waals surface area (Å²) in [4.78, 5) is 25.8. The molecule has 11 heteroatoms. The molecule has 3 aromatic rings. The Hall–Kier alpha value is -2.96. The Morgan fingerprint density at radius 1 is 1.20 bits per heavy atom. The molecule has 2 aromatic heterocycles. The zero-order valence-electron chi connectivity index (χ0n) is 26.8. The average Bonchev–Trinajstić information content (AvgIpc) is 3.52. The van der Waals surface area contributed by atoms with E-state index in [4.69, 9.17) is 14.8 Å². The third kappa shape index (κ3) is 6.12. The van der Waals surface area contributed by atoms with Gasteiger partial charge in [-0.3, -0.25) is 14.6 Å². The third-order valence-corrected chi connectivity index (χ3v) is 9.32. The van der Waals surface area contributed by atoms with Crippen LogP contribution in [0.1, 0.15) is 64.2 Å². The molecule has 2 fully saturated rings. The first kappa shape index (κ1) is 31.0. The lowest BCUT2D eigenvalue weighted by Gasteiger charge is -2.43. The van der Waals surface area contributed by atoms with Crippen LogP contribution in [0.2, 0.25) is 0 Å². The van der Waals surface area contributed by atoms with Crippen LogP contribution in [0.5, 0.6) is 0 Å². The van der Waals surface area contributed by atoms with Gasteiger partial charge in [0.2, 0.25) is 5.91 Å². The van der Waals surface area contributed by atoms with E-state index < -0.39 is 11.0 Å². The number of hydrogen-bond donors (Lipinski definition) is 2. The van der Waals surface area contributed by atoms with Crippen molar-refractivity contribution in [2.24, 2.45) is 0 Å². The average molecular weight is 608 g/mol. The zero-order chi connectivity index (χ0) is 31.4. The summed E-state index contributed by atoms with van der Waals surface area (Å²) in [5, 5.41) is 19.2. The molecule has 10 nitrogen and oxygen atoms in total. The number of hydrogen-bond acceptors (Lipinski definition) is 8. The van der Waals surface area contributed by atoms with Gasteiger partial charge in [-0.1, -0.05) is 26.0 Å². The number of fused-ring (bicyclic) bond motifs is 3. The van der Waals surface area contributed by atoms with Crippen molar-refractivity contribution in [1.82, 2.24) is 29.7 Å². The minimum absolute atomic E-state index is 0.0564. The molecule has 238 valence electrons. The maximum Gasteiger partial charge on any atom is 0.241 e. The van der Waals surface area contributed by atoms with Gasteiger partial charge in [-0.25, -0.2) is 13.9 Å². The van der Waals surface area contributed by atoms with Gasteiger partial charge in [-0.05, 0) is 51.5 Å². The van der Waals surface area contributed by atoms with Crippen LogP contribution in [0.3, 0.4) is 0 Å². The smallest absolute Gasteiger partial charge is 0.241 e. The van der Waals surface area contributed by atoms with Crippen LogP contribution in [0.15, 0.2) is 30.3 Å². The van der Waals surface area contributed by atoms with Gasteiger partial charge in [-0.15, -0.1) is 5.10 Å². The monoisotopic (exact) mass is 607 g/mol. The van der Waals surface area contributed by atoms with Gasteiger partial charge in [0, 0.05) is 68.2 Å². The third-order valence-electron chi connectivity index (χ3n) is 9.32. The molecule has 2 saturated heterocycles. The van der Waals surface area contributed by atoms with Crippen LogP contribution in [-0.4, -0.2) is 106 Å². The topological polar surface area (TPSA) is 98.5 Å². The molecule has 0 radical (unpaired) electrons. The summed E-state index contributed by atoms with van der Waals surface area (Å²) in [6.07, 6.45) is 0.485. The van der Waals surface area contributed by atoms with E-state index in [0.29, 0.717) is 43.1 Å². The van der Waals surface area contributed by atoms with Crippen molar-refractivity contribution < 1.29 is 19.0 Å². The number of halogens is 1. The predicted octanol–water partition coefficient (Wildman–Crippen LogP) is 2.69. The van der Waals surface area contributed by atoms with E-state index in [1.165, 1.54) is 12.1 Å². The van der Waals surface area contributed by atoms with Gasteiger partial charge in [0.15, 0.2) is 11.5 Å². The van der Waals surface area contributed by atoms with Crippen molar-refractivity contribution in [2.45, 2.75) is 77.1 Å². The normalized spacial score (nSPS) is 24.6. The number of amides is 1. The number of carbonyl (C=O) groups is 1. The quantitative estimate of drug-likeness (QED) is 0.423. The number of nitrogens with zero attached hydrogens (tertiary/aromatic N) is 6. The molecule has 0 aliphatic carbocycles. The zero-order valence-corrected chi connectivity index (χ0v) is 26.8. The number of piperazine rings is 1. The highest BCUT2D eigenvalue weighted by atomic mass is 19.1. The molecule has 3 atom stereocenters. The van der Waals surface area contributed by atoms with Gasteiger partial charge >= 0.3 is 0 Å². The molecule has 0 saturated carbocycles. The van der Waals surface area contributed by atoms with Crippen LogP contribution in [0, 0.1) is 5.82 Å². The van der Waals surface area contributed by atoms with E-state index in [1.807, 2.05) is 9.42 Å². The van der Waals surface area contributed by atoms with Gasteiger partial charge in [0.25, 0.3) is 0 Å². The van der Waals surface area contributed by atoms with Gasteiger partial charge < -0.3 is 20.1 Å². The Morgan fingerprint density at radius 3 is 2.66 bits per heavy atom. The van der Waals surface area contributed by atoms with Crippen molar-refractivity contribution in [3.8, 4) is 0 Å². The number of carbonyl (C=O) groups excluding carboxylic acids is 1. The number of pyridine rings is 1. The largest absolute Gasteiger partial charge is 0.382 e. The lowest BCUT2D eigenvalue weighted by Crippen LogP contribution is -2.62. The lowest BCUT2D eigenvalue weighted by atomic mass is 9.90. The fraction of sp³-hybridized carbons (Fsp3) is 0.606. The van der Waals surface area contributed by atoms with Crippen LogP contribution in [-0.2, 0) is 27.0 Å². The maximum absolute atomic E-state index is 14.3. The summed E-state index contributed by atoms with van der Waals surface area (Å²) >= 11 is 0. The first-order valence-electron chi connectivity index (χ1n) is 15.8. The van der Waals surface area contributed by atoms with Crippen molar-refractivity contribution in [2.75, 3.05) is 57.4 Å². The van der Waals surface area contributed by atoms with E-state index in [0.717, 1.165) is 61.9 Å². The summed E-state index contributed by atoms with van der Waals surface area (Å²) < 4.78 is 21.2. The number of ether oxygens (including phenoxy) is 1. The minimum atomic E-state index is -1.24. The van der Waals surface area contributed by atoms with Crippen molar-refractivity contribution in [3.05, 3.63) is 58.8 Å². The number of benzene rings is 1. The SMILES string of the molecule is C[C@@H]1CN(CC(=O)N2CC(C)(C)c3c2cc(Cc2ccc(F)cc2)c2nc(C(C)(C)O)nn32)[C@@H](CN2CCOC[C@H]2C)CN1. The second kappa shape index (κ2) is 11.8. The fourth-order valence-corrected chi connectivity index (χ4v) is 6.88. The molecule has 1 aromatic carbocycles. The second-order valence-corrected chi connectivity index (χ2v) is 14.1. The van der Waals surface area contributed by atoms with Gasteiger partial charge in [0.1, 0.15) is 11.4 Å². The number of nitrogens with one attached hydrogen (secondary N) is 1. The molecule has 0 spiro atoms. The van der Waals surface area contributed by atoms with E-state index in [-0.39, 0.29) is 17.8 Å². The molecule has 0 unspecified atom stereocenters. The second-order valence-electron chi connectivity index (χ2n) is 14.1. The highest BCUT2D eigenvalue weighted by molar-refractivity contribution is 5.97. The van der Waals surface area contributed by atoms with E-state index in [1.54, 1.807) is 26.0 Å². The highest BCUT2D eigenvalue weighted by Gasteiger charge is 2.43. The molecule has 1 amide bonds. The maximum atomic E-state index is 14.3. The van der Waals surface area contributed by atoms with Crippen LogP contribution in [0.4, 0.5) is 10.1 Å². The number of anilines is 1. The molecule has 0 bridgehead atoms. The summed E-state index contributed by atoms with van der Waals surface area (Å²) in [7, 11) is 0. The first-order valence-corrected chi connectivity index (χ1v) is 15.8. The van der Waals surface area contributed by atoms with Gasteiger partial charge in [0.05, 0.1) is 31.1 Å². The summed E-state index contributed by atoms with van der Waals surface area (Å²) in [6.45, 7) is 17.7. The standard InChI is InChI=1S/C33H46FN7O3/c1-21-16-39(26(15-35-21)17-38-11-12-44-19-22(38)2)18-28(42)40-20-32(3,4)29-27(40)14-24(13-23-7-9-25(34)10-8-23)30-36-31(33(5,6)43)37-41(29)30/h7-10,14,21-22,26,35,43H,11-13,15-20H2,1-6H3/t21-,22-,26-/m1/s1. The molecular formula is C33H46FN7O3. The predicted molar refractivity (Wildman–Crippen MR) is 167 cm³/mol. The van der Waals surface area contributed by atoms with Crippen LogP contribution in [0.25, 0.3) is 5.65 Å². The lowest BCUT2D eigenvalue weighted by molar-refractivity contribution is -0.121. The van der Waals surface area contributed by atoms with E-state index >= 15 is 0 Å². The first-order chi connectivity index (χ1) is 20.8. The Kier molecular flexibility index (Phi) is 8.30. The molecule has 3 aliphatic rings. The van der Waals surface area contributed by atoms with E-state index in [9.17, 15) is 14.3 Å². The van der Waals surface area contributed by atoms with Crippen LogP contribution < -0.4 is 10.2 Å². The van der Waals surface area contributed by atoms with Crippen molar-refractivity contribution in [1.29, 1.82) is 0 Å². The molecule has 2 N–H and O–H groups in total. The molecule has 44 heavy (non-hydrogen) atoms. The summed E-state index contributed by atoms with van der Waals surface area (Å²) in [5.41, 5.74) is 2.51. The Labute approximate surface area is 259 Å². The fourth-order valence-electron chi connectivity index (χ4n) is 6.88. The molecule has 3 aliphatic heterocycles. The highest BCUT2D eigenvalue weighted by Crippen LogP contribution is 2.42. The Balaban J connectivity index is 1.34. The summed E-state index contributed by atoms with van der Waals surface area (Å²) in [5.74, 6) is 0.0875. The molecular weight excluding hydrogens is 561 g/mol.